The van der Waals surface area contributed by atoms with Crippen LogP contribution in [-0.4, -0.2) is 17.4 Å². The van der Waals surface area contributed by atoms with Crippen molar-refractivity contribution in [2.45, 2.75) is 12.3 Å². The van der Waals surface area contributed by atoms with E-state index in [-0.39, 0.29) is 17.6 Å². The lowest BCUT2D eigenvalue weighted by molar-refractivity contribution is -0.116. The molecule has 0 spiro atoms. The molecule has 2 aromatic carbocycles. The van der Waals surface area contributed by atoms with Gasteiger partial charge >= 0.3 is 0 Å². The summed E-state index contributed by atoms with van der Waals surface area (Å²) in [5.74, 6) is 0.266. The number of rotatable bonds is 3. The number of anilines is 1. The number of ether oxygens (including phenoxy) is 1. The quantitative estimate of drug-likeness (QED) is 0.757. The van der Waals surface area contributed by atoms with Gasteiger partial charge in [0.1, 0.15) is 17.3 Å². The minimum Gasteiger partial charge on any atom is -0.497 e. The van der Waals surface area contributed by atoms with Gasteiger partial charge in [-0.1, -0.05) is 24.3 Å². The fraction of sp³-hybridized carbons (Fsp3) is 0.158. The van der Waals surface area contributed by atoms with Gasteiger partial charge in [-0.05, 0) is 41.4 Å². The molecule has 1 amide bonds. The second kappa shape index (κ2) is 6.29. The Balaban J connectivity index is 1.81. The van der Waals surface area contributed by atoms with Crippen molar-refractivity contribution in [2.75, 3.05) is 12.4 Å². The Kier molecular flexibility index (Phi) is 3.97. The van der Waals surface area contributed by atoms with Crippen LogP contribution < -0.4 is 10.1 Å². The van der Waals surface area contributed by atoms with E-state index in [0.717, 1.165) is 16.2 Å². The van der Waals surface area contributed by atoms with Crippen LogP contribution in [-0.2, 0) is 4.79 Å². The molecule has 6 heteroatoms. The summed E-state index contributed by atoms with van der Waals surface area (Å²) in [5.41, 5.74) is 2.95. The molecular weight excluding hydrogens is 339 g/mol. The number of amides is 1. The van der Waals surface area contributed by atoms with Crippen molar-refractivity contribution in [1.82, 2.24) is 4.37 Å². The van der Waals surface area contributed by atoms with Gasteiger partial charge in [0.15, 0.2) is 0 Å². The predicted molar refractivity (Wildman–Crippen MR) is 95.6 cm³/mol. The van der Waals surface area contributed by atoms with E-state index in [1.165, 1.54) is 23.7 Å². The van der Waals surface area contributed by atoms with Crippen molar-refractivity contribution in [2.24, 2.45) is 0 Å². The van der Waals surface area contributed by atoms with Gasteiger partial charge in [0.05, 0.1) is 17.7 Å². The van der Waals surface area contributed by atoms with E-state index >= 15 is 0 Å². The zero-order valence-corrected chi connectivity index (χ0v) is 14.3. The van der Waals surface area contributed by atoms with Gasteiger partial charge in [-0.25, -0.2) is 4.39 Å². The molecule has 1 aromatic heterocycles. The Morgan fingerprint density at radius 2 is 2.08 bits per heavy atom. The van der Waals surface area contributed by atoms with Crippen LogP contribution in [0, 0.1) is 5.82 Å². The topological polar surface area (TPSA) is 51.2 Å². The van der Waals surface area contributed by atoms with E-state index in [2.05, 4.69) is 9.69 Å². The van der Waals surface area contributed by atoms with Crippen molar-refractivity contribution < 1.29 is 13.9 Å². The first-order chi connectivity index (χ1) is 12.2. The minimum absolute atomic E-state index is 0.0711. The fourth-order valence-corrected chi connectivity index (χ4v) is 4.06. The lowest BCUT2D eigenvalue weighted by atomic mass is 9.89. The average molecular weight is 354 g/mol. The Morgan fingerprint density at radius 1 is 1.24 bits per heavy atom. The summed E-state index contributed by atoms with van der Waals surface area (Å²) in [6, 6.07) is 14.0. The Hall–Kier alpha value is -2.73. The number of hydrogen-bond donors (Lipinski definition) is 1. The number of nitrogens with zero attached hydrogens (tertiary/aromatic N) is 1. The summed E-state index contributed by atoms with van der Waals surface area (Å²) in [5, 5.41) is 2.91. The number of halogens is 1. The van der Waals surface area contributed by atoms with Crippen molar-refractivity contribution in [3.63, 3.8) is 0 Å². The second-order valence-corrected chi connectivity index (χ2v) is 6.67. The van der Waals surface area contributed by atoms with Crippen LogP contribution in [0.25, 0.3) is 11.3 Å². The summed E-state index contributed by atoms with van der Waals surface area (Å²) in [6.45, 7) is 0. The number of benzene rings is 2. The highest BCUT2D eigenvalue weighted by molar-refractivity contribution is 7.07. The molecule has 25 heavy (non-hydrogen) atoms. The first-order valence-corrected chi connectivity index (χ1v) is 8.62. The fourth-order valence-electron chi connectivity index (χ4n) is 3.09. The lowest BCUT2D eigenvalue weighted by Crippen LogP contribution is -2.22. The standard InChI is InChI=1S/C19H15FN2O2S/c1-24-14-7-3-4-11(9-14)15-10-16(23)21-18-17(22-25-19(15)18)12-5-2-6-13(20)8-12/h2-9,15H,10H2,1H3,(H,21,23). The smallest absolute Gasteiger partial charge is 0.225 e. The van der Waals surface area contributed by atoms with E-state index in [4.69, 9.17) is 4.74 Å². The summed E-state index contributed by atoms with van der Waals surface area (Å²) in [4.78, 5) is 13.3. The van der Waals surface area contributed by atoms with Crippen molar-refractivity contribution in [3.8, 4) is 17.0 Å². The van der Waals surface area contributed by atoms with Crippen molar-refractivity contribution in [3.05, 3.63) is 64.8 Å². The number of nitrogens with one attached hydrogen (secondary N) is 1. The third kappa shape index (κ3) is 2.89. The van der Waals surface area contributed by atoms with Gasteiger partial charge < -0.3 is 10.1 Å². The van der Waals surface area contributed by atoms with Gasteiger partial charge in [0.2, 0.25) is 5.91 Å². The zero-order valence-electron chi connectivity index (χ0n) is 13.5. The molecule has 1 aliphatic heterocycles. The SMILES string of the molecule is COc1cccc(C2CC(=O)Nc3c(-c4cccc(F)c4)nsc32)c1. The molecule has 1 aliphatic rings. The van der Waals surface area contributed by atoms with E-state index < -0.39 is 0 Å². The molecule has 0 aliphatic carbocycles. The van der Waals surface area contributed by atoms with E-state index in [0.29, 0.717) is 23.4 Å². The molecule has 0 radical (unpaired) electrons. The first kappa shape index (κ1) is 15.8. The predicted octanol–water partition coefficient (Wildman–Crippen LogP) is 4.43. The molecule has 1 N–H and O–H groups in total. The maximum absolute atomic E-state index is 13.6. The summed E-state index contributed by atoms with van der Waals surface area (Å²) < 4.78 is 23.4. The van der Waals surface area contributed by atoms with E-state index in [1.807, 2.05) is 24.3 Å². The summed E-state index contributed by atoms with van der Waals surface area (Å²) in [6.07, 6.45) is 0.352. The summed E-state index contributed by atoms with van der Waals surface area (Å²) >= 11 is 1.34. The number of carbonyl (C=O) groups is 1. The molecule has 4 nitrogen and oxygen atoms in total. The third-order valence-electron chi connectivity index (χ3n) is 4.28. The maximum atomic E-state index is 13.6. The van der Waals surface area contributed by atoms with E-state index in [1.54, 1.807) is 19.2 Å². The molecule has 0 saturated heterocycles. The second-order valence-electron chi connectivity index (χ2n) is 5.86. The highest BCUT2D eigenvalue weighted by Gasteiger charge is 2.31. The molecule has 126 valence electrons. The molecule has 4 rings (SSSR count). The number of carbonyl (C=O) groups excluding carboxylic acids is 1. The monoisotopic (exact) mass is 354 g/mol. The number of fused-ring (bicyclic) bond motifs is 1. The van der Waals surface area contributed by atoms with Gasteiger partial charge in [-0.2, -0.15) is 4.37 Å². The molecule has 0 bridgehead atoms. The Bertz CT molecular complexity index is 954. The largest absolute Gasteiger partial charge is 0.497 e. The number of methoxy groups -OCH3 is 1. The highest BCUT2D eigenvalue weighted by atomic mass is 32.1. The maximum Gasteiger partial charge on any atom is 0.225 e. The minimum atomic E-state index is -0.328. The van der Waals surface area contributed by atoms with Crippen LogP contribution in [0.1, 0.15) is 22.8 Å². The Morgan fingerprint density at radius 3 is 2.88 bits per heavy atom. The molecular formula is C19H15FN2O2S. The average Bonchev–Trinajstić information content (AvgIpc) is 3.04. The van der Waals surface area contributed by atoms with Crippen molar-refractivity contribution >= 4 is 23.1 Å². The normalized spacial score (nSPS) is 16.2. The Labute approximate surface area is 148 Å². The zero-order chi connectivity index (χ0) is 17.4. The number of hydrogen-bond acceptors (Lipinski definition) is 4. The van der Waals surface area contributed by atoms with Crippen LogP contribution in [0.2, 0.25) is 0 Å². The third-order valence-corrected chi connectivity index (χ3v) is 5.24. The molecule has 3 aromatic rings. The van der Waals surface area contributed by atoms with Gasteiger partial charge in [0, 0.05) is 17.9 Å². The molecule has 1 unspecified atom stereocenters. The molecule has 1 atom stereocenters. The van der Waals surface area contributed by atoms with Crippen LogP contribution in [0.3, 0.4) is 0 Å². The summed E-state index contributed by atoms with van der Waals surface area (Å²) in [7, 11) is 1.62. The van der Waals surface area contributed by atoms with Crippen LogP contribution in [0.5, 0.6) is 5.75 Å². The van der Waals surface area contributed by atoms with Gasteiger partial charge in [0.25, 0.3) is 0 Å². The molecule has 0 saturated carbocycles. The molecule has 0 fully saturated rings. The van der Waals surface area contributed by atoms with Crippen LogP contribution in [0.4, 0.5) is 10.1 Å². The molecule has 2 heterocycles. The van der Waals surface area contributed by atoms with Crippen LogP contribution >= 0.6 is 11.5 Å². The van der Waals surface area contributed by atoms with Crippen LogP contribution in [0.15, 0.2) is 48.5 Å². The van der Waals surface area contributed by atoms with Crippen molar-refractivity contribution in [1.29, 1.82) is 0 Å². The van der Waals surface area contributed by atoms with Gasteiger partial charge in [-0.15, -0.1) is 0 Å². The van der Waals surface area contributed by atoms with Gasteiger partial charge in [-0.3, -0.25) is 4.79 Å². The first-order valence-electron chi connectivity index (χ1n) is 7.85. The van der Waals surface area contributed by atoms with E-state index in [9.17, 15) is 9.18 Å². The highest BCUT2D eigenvalue weighted by Crippen LogP contribution is 2.45. The number of aromatic nitrogens is 1. The lowest BCUT2D eigenvalue weighted by Gasteiger charge is -2.23.